The Kier molecular flexibility index (Phi) is 8.97. The van der Waals surface area contributed by atoms with Crippen LogP contribution in [0.3, 0.4) is 0 Å². The molecular formula is C14H17N3O4S2. The maximum Gasteiger partial charge on any atom is 0.414 e. The summed E-state index contributed by atoms with van der Waals surface area (Å²) in [7, 11) is 0. The summed E-state index contributed by atoms with van der Waals surface area (Å²) < 4.78 is 8.76. The molecule has 2 heterocycles. The average Bonchev–Trinajstić information content (AvgIpc) is 3.01. The van der Waals surface area contributed by atoms with Crippen LogP contribution in [0, 0.1) is 12.3 Å². The van der Waals surface area contributed by atoms with E-state index in [0.717, 1.165) is 48.8 Å². The number of thioether (sulfide) groups is 1. The first kappa shape index (κ1) is 19.2. The van der Waals surface area contributed by atoms with Crippen molar-refractivity contribution in [3.63, 3.8) is 0 Å². The lowest BCUT2D eigenvalue weighted by Crippen LogP contribution is -2.21. The van der Waals surface area contributed by atoms with Crippen molar-refractivity contribution in [1.29, 1.82) is 0 Å². The van der Waals surface area contributed by atoms with Gasteiger partial charge >= 0.3 is 11.9 Å². The van der Waals surface area contributed by atoms with Crippen LogP contribution in [0.25, 0.3) is 5.57 Å². The van der Waals surface area contributed by atoms with E-state index < -0.39 is 11.9 Å². The number of aromatic nitrogens is 2. The zero-order valence-corrected chi connectivity index (χ0v) is 14.0. The highest BCUT2D eigenvalue weighted by Crippen LogP contribution is 2.27. The lowest BCUT2D eigenvalue weighted by atomic mass is 10.1. The number of unbranched alkanes of at least 4 members (excludes halogenated alkanes) is 1. The van der Waals surface area contributed by atoms with Crippen molar-refractivity contribution < 1.29 is 19.8 Å². The Labute approximate surface area is 142 Å². The van der Waals surface area contributed by atoms with Crippen LogP contribution >= 0.6 is 23.5 Å². The van der Waals surface area contributed by atoms with Gasteiger partial charge in [0.25, 0.3) is 0 Å². The monoisotopic (exact) mass is 355 g/mol. The number of nitrogens with zero attached hydrogens (tertiary/aromatic N) is 2. The Morgan fingerprint density at radius 2 is 2.13 bits per heavy atom. The molecule has 0 radical (unpaired) electrons. The summed E-state index contributed by atoms with van der Waals surface area (Å²) in [5.74, 6) is 0.0267. The maximum absolute atomic E-state index is 9.10. The predicted octanol–water partition coefficient (Wildman–Crippen LogP) is 1.58. The fourth-order valence-corrected chi connectivity index (χ4v) is 3.29. The second-order valence-electron chi connectivity index (χ2n) is 4.38. The van der Waals surface area contributed by atoms with Crippen LogP contribution in [0.15, 0.2) is 11.1 Å². The Morgan fingerprint density at radius 3 is 2.70 bits per heavy atom. The molecule has 0 saturated heterocycles. The van der Waals surface area contributed by atoms with Gasteiger partial charge in [-0.25, -0.2) is 9.59 Å². The van der Waals surface area contributed by atoms with E-state index >= 15 is 0 Å². The molecule has 0 unspecified atom stereocenters. The fraction of sp³-hybridized carbons (Fsp3) is 0.429. The lowest BCUT2D eigenvalue weighted by Gasteiger charge is -2.12. The number of hydrogen-bond donors (Lipinski definition) is 3. The largest absolute Gasteiger partial charge is 0.473 e. The molecule has 0 aromatic carbocycles. The topological polar surface area (TPSA) is 112 Å². The van der Waals surface area contributed by atoms with E-state index in [4.69, 9.17) is 26.2 Å². The molecule has 0 bridgehead atoms. The molecule has 1 aliphatic rings. The van der Waals surface area contributed by atoms with E-state index in [9.17, 15) is 0 Å². The number of carboxylic acid groups (broad SMARTS) is 2. The normalized spacial score (nSPS) is 13.3. The Balaban J connectivity index is 0.000000379. The van der Waals surface area contributed by atoms with Gasteiger partial charge in [-0.3, -0.25) is 0 Å². The Morgan fingerprint density at radius 1 is 1.39 bits per heavy atom. The van der Waals surface area contributed by atoms with E-state index in [2.05, 4.69) is 26.1 Å². The molecule has 1 aromatic heterocycles. The molecule has 0 spiro atoms. The van der Waals surface area contributed by atoms with Crippen molar-refractivity contribution in [3.8, 4) is 12.3 Å². The van der Waals surface area contributed by atoms with Crippen molar-refractivity contribution in [2.24, 2.45) is 0 Å². The summed E-state index contributed by atoms with van der Waals surface area (Å²) in [5.41, 5.74) is 2.34. The number of terminal acetylenes is 1. The molecule has 7 nitrogen and oxygen atoms in total. The quantitative estimate of drug-likeness (QED) is 0.316. The highest BCUT2D eigenvalue weighted by Gasteiger charge is 2.14. The SMILES string of the molecule is C#CCCCSc1nsnc1C1=CCCNC1.O=C(O)C(=O)O. The smallest absolute Gasteiger partial charge is 0.414 e. The molecule has 9 heteroatoms. The zero-order chi connectivity index (χ0) is 17.1. The molecule has 0 atom stereocenters. The summed E-state index contributed by atoms with van der Waals surface area (Å²) in [5, 5.41) is 19.2. The number of carbonyl (C=O) groups is 2. The molecule has 1 aliphatic heterocycles. The third kappa shape index (κ3) is 7.27. The van der Waals surface area contributed by atoms with Gasteiger partial charge in [-0.05, 0) is 25.0 Å². The van der Waals surface area contributed by atoms with Gasteiger partial charge in [-0.15, -0.1) is 24.1 Å². The number of carboxylic acids is 2. The Hall–Kier alpha value is -1.89. The lowest BCUT2D eigenvalue weighted by molar-refractivity contribution is -0.159. The first-order chi connectivity index (χ1) is 11.1. The molecule has 23 heavy (non-hydrogen) atoms. The van der Waals surface area contributed by atoms with Gasteiger partial charge in [-0.2, -0.15) is 8.75 Å². The van der Waals surface area contributed by atoms with Gasteiger partial charge in [0.1, 0.15) is 10.7 Å². The third-order valence-electron chi connectivity index (χ3n) is 2.68. The highest BCUT2D eigenvalue weighted by molar-refractivity contribution is 7.99. The van der Waals surface area contributed by atoms with Crippen LogP contribution in [-0.2, 0) is 9.59 Å². The minimum absolute atomic E-state index is 0.837. The van der Waals surface area contributed by atoms with Crippen molar-refractivity contribution in [3.05, 3.63) is 11.8 Å². The molecular weight excluding hydrogens is 338 g/mol. The molecule has 0 saturated carbocycles. The zero-order valence-electron chi connectivity index (χ0n) is 12.3. The summed E-state index contributed by atoms with van der Waals surface area (Å²) in [6, 6.07) is 0. The predicted molar refractivity (Wildman–Crippen MR) is 89.4 cm³/mol. The standard InChI is InChI=1S/C12H15N3S2.C2H2O4/c1-2-3-4-8-16-12-11(14-17-15-12)10-6-5-7-13-9-10;3-1(4)2(5)6/h1,6,13H,3-5,7-9H2;(H,3,4)(H,5,6). The van der Waals surface area contributed by atoms with Gasteiger partial charge in [0.05, 0.1) is 11.7 Å². The van der Waals surface area contributed by atoms with E-state index in [-0.39, 0.29) is 0 Å². The second-order valence-corrected chi connectivity index (χ2v) is 5.99. The van der Waals surface area contributed by atoms with E-state index in [1.807, 2.05) is 0 Å². The first-order valence-corrected chi connectivity index (χ1v) is 8.53. The van der Waals surface area contributed by atoms with Crippen LogP contribution in [0.1, 0.15) is 25.0 Å². The van der Waals surface area contributed by atoms with Gasteiger partial charge in [0.2, 0.25) is 0 Å². The highest BCUT2D eigenvalue weighted by atomic mass is 32.2. The minimum Gasteiger partial charge on any atom is -0.473 e. The van der Waals surface area contributed by atoms with E-state index in [1.54, 1.807) is 11.8 Å². The summed E-state index contributed by atoms with van der Waals surface area (Å²) in [4.78, 5) is 18.2. The van der Waals surface area contributed by atoms with Crippen molar-refractivity contribution in [2.45, 2.75) is 24.3 Å². The molecule has 1 aromatic rings. The number of hydrogen-bond acceptors (Lipinski definition) is 7. The molecule has 124 valence electrons. The maximum atomic E-state index is 9.10. The van der Waals surface area contributed by atoms with Gasteiger partial charge in [0, 0.05) is 18.7 Å². The molecule has 0 amide bonds. The van der Waals surface area contributed by atoms with Crippen LogP contribution in [-0.4, -0.2) is 49.7 Å². The van der Waals surface area contributed by atoms with E-state index in [0.29, 0.717) is 0 Å². The minimum atomic E-state index is -1.82. The van der Waals surface area contributed by atoms with Crippen LogP contribution in [0.4, 0.5) is 0 Å². The molecule has 3 N–H and O–H groups in total. The van der Waals surface area contributed by atoms with E-state index in [1.165, 1.54) is 17.3 Å². The van der Waals surface area contributed by atoms with Crippen LogP contribution in [0.2, 0.25) is 0 Å². The summed E-state index contributed by atoms with van der Waals surface area (Å²) >= 11 is 3.05. The van der Waals surface area contributed by atoms with Crippen LogP contribution in [0.5, 0.6) is 0 Å². The summed E-state index contributed by atoms with van der Waals surface area (Å²) in [6.45, 7) is 1.97. The number of aliphatic carboxylic acids is 2. The van der Waals surface area contributed by atoms with Crippen molar-refractivity contribution in [1.82, 2.24) is 14.1 Å². The van der Waals surface area contributed by atoms with Gasteiger partial charge in [0.15, 0.2) is 0 Å². The van der Waals surface area contributed by atoms with Crippen LogP contribution < -0.4 is 5.32 Å². The third-order valence-corrected chi connectivity index (χ3v) is 4.37. The molecule has 0 aliphatic carbocycles. The molecule has 2 rings (SSSR count). The van der Waals surface area contributed by atoms with Gasteiger partial charge in [-0.1, -0.05) is 6.08 Å². The van der Waals surface area contributed by atoms with Gasteiger partial charge < -0.3 is 15.5 Å². The number of nitrogens with one attached hydrogen (secondary N) is 1. The summed E-state index contributed by atoms with van der Waals surface area (Å²) in [6.07, 6.45) is 10.4. The molecule has 0 fully saturated rings. The fourth-order valence-electron chi connectivity index (χ4n) is 1.64. The second kappa shape index (κ2) is 10.8. The Bertz CT molecular complexity index is 595. The number of rotatable bonds is 5. The van der Waals surface area contributed by atoms with Crippen molar-refractivity contribution in [2.75, 3.05) is 18.8 Å². The van der Waals surface area contributed by atoms with Crippen molar-refractivity contribution >= 4 is 41.0 Å². The average molecular weight is 355 g/mol. The first-order valence-electron chi connectivity index (χ1n) is 6.81.